The predicted molar refractivity (Wildman–Crippen MR) is 124 cm³/mol. The number of ether oxygens (including phenoxy) is 1. The third-order valence-electron chi connectivity index (χ3n) is 5.50. The number of aromatic nitrogens is 4. The van der Waals surface area contributed by atoms with E-state index in [0.29, 0.717) is 23.7 Å². The number of rotatable bonds is 6. The molecule has 1 aliphatic rings. The van der Waals surface area contributed by atoms with E-state index in [2.05, 4.69) is 15.5 Å². The molecule has 0 atom stereocenters. The fraction of sp³-hybridized carbons (Fsp3) is 0.160. The quantitative estimate of drug-likeness (QED) is 0.324. The lowest BCUT2D eigenvalue weighted by Crippen LogP contribution is -2.38. The van der Waals surface area contributed by atoms with Crippen LogP contribution >= 0.6 is 0 Å². The van der Waals surface area contributed by atoms with Gasteiger partial charge in [-0.1, -0.05) is 48.5 Å². The van der Waals surface area contributed by atoms with Crippen LogP contribution in [0.3, 0.4) is 0 Å². The first-order valence-electron chi connectivity index (χ1n) is 10.9. The number of furan rings is 1. The van der Waals surface area contributed by atoms with Crippen molar-refractivity contribution in [2.45, 2.75) is 12.8 Å². The van der Waals surface area contributed by atoms with Crippen molar-refractivity contribution in [2.75, 3.05) is 18.1 Å². The van der Waals surface area contributed by atoms with Crippen LogP contribution in [0.4, 0.5) is 5.69 Å². The molecule has 34 heavy (non-hydrogen) atoms. The Morgan fingerprint density at radius 2 is 1.85 bits per heavy atom. The smallest absolute Gasteiger partial charge is 0.357 e. The summed E-state index contributed by atoms with van der Waals surface area (Å²) in [4.78, 5) is 27.8. The number of carbonyl (C=O) groups is 2. The van der Waals surface area contributed by atoms with E-state index < -0.39 is 12.6 Å². The number of hydrogen-bond acceptors (Lipinski definition) is 7. The second-order valence-corrected chi connectivity index (χ2v) is 7.68. The standard InChI is InChI=1S/C25H21N5O4/c31-23(29-14-6-11-18-8-4-5-13-21(18)29)17-34-25(32)22(16-20-12-7-15-33-20)30-24(26-27-28-30)19-9-2-1-3-10-19/h1-5,7-10,12-13,15-16H,6,11,14,17H2. The average Bonchev–Trinajstić information content (AvgIpc) is 3.58. The minimum Gasteiger partial charge on any atom is -0.465 e. The van der Waals surface area contributed by atoms with E-state index in [-0.39, 0.29) is 11.6 Å². The Morgan fingerprint density at radius 3 is 2.68 bits per heavy atom. The highest BCUT2D eigenvalue weighted by atomic mass is 16.5. The first-order valence-corrected chi connectivity index (χ1v) is 10.9. The van der Waals surface area contributed by atoms with E-state index in [0.717, 1.165) is 24.1 Å². The van der Waals surface area contributed by atoms with Gasteiger partial charge in [0.25, 0.3) is 5.91 Å². The van der Waals surface area contributed by atoms with Crippen LogP contribution in [0, 0.1) is 0 Å². The third kappa shape index (κ3) is 4.36. The van der Waals surface area contributed by atoms with Crippen LogP contribution in [0.15, 0.2) is 77.4 Å². The molecule has 0 unspecified atom stereocenters. The van der Waals surface area contributed by atoms with Crippen LogP contribution in [0.25, 0.3) is 23.2 Å². The molecule has 0 spiro atoms. The highest BCUT2D eigenvalue weighted by Gasteiger charge is 2.26. The highest BCUT2D eigenvalue weighted by molar-refractivity contribution is 6.16. The molecule has 5 rings (SSSR count). The number of fused-ring (bicyclic) bond motifs is 1. The molecule has 9 heteroatoms. The molecule has 2 aromatic carbocycles. The van der Waals surface area contributed by atoms with Gasteiger partial charge in [0.1, 0.15) is 5.76 Å². The van der Waals surface area contributed by atoms with E-state index in [1.54, 1.807) is 17.0 Å². The van der Waals surface area contributed by atoms with Crippen LogP contribution in [0.1, 0.15) is 17.7 Å². The zero-order chi connectivity index (χ0) is 23.3. The number of benzene rings is 2. The van der Waals surface area contributed by atoms with Crippen LogP contribution in [0.2, 0.25) is 0 Å². The lowest BCUT2D eigenvalue weighted by Gasteiger charge is -2.29. The number of esters is 1. The Labute approximate surface area is 195 Å². The molecule has 9 nitrogen and oxygen atoms in total. The minimum absolute atomic E-state index is 0.0191. The maximum atomic E-state index is 13.2. The number of nitrogens with zero attached hydrogens (tertiary/aromatic N) is 5. The molecule has 1 aliphatic heterocycles. The van der Waals surface area contributed by atoms with Crippen molar-refractivity contribution in [1.82, 2.24) is 20.2 Å². The maximum Gasteiger partial charge on any atom is 0.357 e. The summed E-state index contributed by atoms with van der Waals surface area (Å²) in [6, 6.07) is 20.4. The zero-order valence-electron chi connectivity index (χ0n) is 18.2. The van der Waals surface area contributed by atoms with Crippen molar-refractivity contribution in [3.8, 4) is 11.4 Å². The van der Waals surface area contributed by atoms with E-state index >= 15 is 0 Å². The van der Waals surface area contributed by atoms with Gasteiger partial charge in [0.15, 0.2) is 18.1 Å². The van der Waals surface area contributed by atoms with Gasteiger partial charge in [-0.2, -0.15) is 4.68 Å². The van der Waals surface area contributed by atoms with Crippen LogP contribution < -0.4 is 4.90 Å². The Kier molecular flexibility index (Phi) is 5.98. The molecule has 0 saturated heterocycles. The van der Waals surface area contributed by atoms with Gasteiger partial charge >= 0.3 is 5.97 Å². The molecule has 0 fully saturated rings. The second-order valence-electron chi connectivity index (χ2n) is 7.68. The Morgan fingerprint density at radius 1 is 1.03 bits per heavy atom. The van der Waals surface area contributed by atoms with Crippen molar-refractivity contribution >= 4 is 29.3 Å². The summed E-state index contributed by atoms with van der Waals surface area (Å²) in [5.41, 5.74) is 2.69. The van der Waals surface area contributed by atoms with Gasteiger partial charge in [-0.3, -0.25) is 4.79 Å². The molecule has 170 valence electrons. The molecule has 3 heterocycles. The minimum atomic E-state index is -0.750. The Balaban J connectivity index is 1.39. The molecule has 0 bridgehead atoms. The first-order chi connectivity index (χ1) is 16.7. The van der Waals surface area contributed by atoms with Gasteiger partial charge in [0.2, 0.25) is 0 Å². The number of anilines is 1. The molecule has 0 saturated carbocycles. The maximum absolute atomic E-state index is 13.2. The fourth-order valence-electron chi connectivity index (χ4n) is 3.90. The van der Waals surface area contributed by atoms with Gasteiger partial charge in [-0.15, -0.1) is 5.10 Å². The molecule has 0 N–H and O–H groups in total. The summed E-state index contributed by atoms with van der Waals surface area (Å²) < 4.78 is 12.1. The van der Waals surface area contributed by atoms with Crippen molar-refractivity contribution in [2.24, 2.45) is 0 Å². The lowest BCUT2D eigenvalue weighted by molar-refractivity contribution is -0.142. The van der Waals surface area contributed by atoms with E-state index in [1.807, 2.05) is 54.6 Å². The Bertz CT molecular complexity index is 1330. The number of hydrogen-bond donors (Lipinski definition) is 0. The lowest BCUT2D eigenvalue weighted by atomic mass is 10.0. The Hall–Kier alpha value is -4.53. The third-order valence-corrected chi connectivity index (χ3v) is 5.50. The summed E-state index contributed by atoms with van der Waals surface area (Å²) in [6.45, 7) is 0.166. The monoisotopic (exact) mass is 455 g/mol. The fourth-order valence-corrected chi connectivity index (χ4v) is 3.90. The molecular weight excluding hydrogens is 434 g/mol. The largest absolute Gasteiger partial charge is 0.465 e. The predicted octanol–water partition coefficient (Wildman–Crippen LogP) is 3.45. The van der Waals surface area contributed by atoms with Crippen molar-refractivity contribution in [1.29, 1.82) is 0 Å². The normalized spacial score (nSPS) is 13.4. The highest BCUT2D eigenvalue weighted by Crippen LogP contribution is 2.27. The van der Waals surface area contributed by atoms with E-state index in [4.69, 9.17) is 9.15 Å². The van der Waals surface area contributed by atoms with Gasteiger partial charge in [-0.05, 0) is 47.0 Å². The summed E-state index contributed by atoms with van der Waals surface area (Å²) in [5, 5.41) is 11.8. The van der Waals surface area contributed by atoms with Gasteiger partial charge in [-0.25, -0.2) is 4.79 Å². The average molecular weight is 455 g/mol. The number of para-hydroxylation sites is 1. The molecule has 1 amide bonds. The van der Waals surface area contributed by atoms with Crippen molar-refractivity contribution < 1.29 is 18.7 Å². The van der Waals surface area contributed by atoms with E-state index in [9.17, 15) is 9.59 Å². The summed E-state index contributed by atoms with van der Waals surface area (Å²) >= 11 is 0. The molecule has 2 aromatic heterocycles. The summed E-state index contributed by atoms with van der Waals surface area (Å²) in [7, 11) is 0. The van der Waals surface area contributed by atoms with Gasteiger partial charge < -0.3 is 14.1 Å². The van der Waals surface area contributed by atoms with E-state index in [1.165, 1.54) is 17.0 Å². The van der Waals surface area contributed by atoms with Crippen LogP contribution in [-0.4, -0.2) is 45.2 Å². The van der Waals surface area contributed by atoms with Gasteiger partial charge in [0.05, 0.1) is 6.26 Å². The van der Waals surface area contributed by atoms with Crippen LogP contribution in [0.5, 0.6) is 0 Å². The molecule has 0 aliphatic carbocycles. The zero-order valence-corrected chi connectivity index (χ0v) is 18.2. The molecular formula is C25H21N5O4. The second kappa shape index (κ2) is 9.53. The number of aryl methyl sites for hydroxylation is 1. The van der Waals surface area contributed by atoms with Crippen molar-refractivity contribution in [3.63, 3.8) is 0 Å². The topological polar surface area (TPSA) is 103 Å². The summed E-state index contributed by atoms with van der Waals surface area (Å²) in [6.07, 6.45) is 4.73. The van der Waals surface area contributed by atoms with Crippen molar-refractivity contribution in [3.05, 3.63) is 84.3 Å². The number of amides is 1. The number of tetrazole rings is 1. The molecule has 0 radical (unpaired) electrons. The number of carbonyl (C=O) groups excluding carboxylic acids is 2. The first kappa shape index (κ1) is 21.3. The van der Waals surface area contributed by atoms with Crippen LogP contribution in [-0.2, 0) is 20.7 Å². The van der Waals surface area contributed by atoms with Gasteiger partial charge in [0, 0.05) is 23.9 Å². The molecule has 4 aromatic rings. The SMILES string of the molecule is O=C(OCC(=O)N1CCCc2ccccc21)C(=Cc1ccco1)n1nnnc1-c1ccccc1. The summed E-state index contributed by atoms with van der Waals surface area (Å²) in [5.74, 6) is -0.276.